The maximum absolute atomic E-state index is 11.7. The van der Waals surface area contributed by atoms with Gasteiger partial charge in [0, 0.05) is 18.6 Å². The van der Waals surface area contributed by atoms with Crippen LogP contribution in [0.4, 0.5) is 0 Å². The zero-order valence-corrected chi connectivity index (χ0v) is 9.42. The van der Waals surface area contributed by atoms with Gasteiger partial charge in [0.25, 0.3) is 5.91 Å². The number of carbonyl (C=O) groups is 1. The second-order valence-corrected chi connectivity index (χ2v) is 3.54. The van der Waals surface area contributed by atoms with Gasteiger partial charge in [0.15, 0.2) is 0 Å². The molecule has 0 spiro atoms. The number of aromatic nitrogens is 3. The average Bonchev–Trinajstić information content (AvgIpc) is 2.38. The third kappa shape index (κ3) is 2.84. The van der Waals surface area contributed by atoms with E-state index in [1.54, 1.807) is 6.20 Å². The summed E-state index contributed by atoms with van der Waals surface area (Å²) in [4.78, 5) is 23.6. The number of pyridine rings is 1. The van der Waals surface area contributed by atoms with E-state index >= 15 is 0 Å². The first kappa shape index (κ1) is 11.2. The van der Waals surface area contributed by atoms with Crippen molar-refractivity contribution in [1.82, 2.24) is 20.3 Å². The number of nitrogens with one attached hydrogen (secondary N) is 1. The predicted octanol–water partition coefficient (Wildman–Crippen LogP) is 1.11. The molecule has 0 aromatic carbocycles. The van der Waals surface area contributed by atoms with Crippen molar-refractivity contribution in [3.8, 4) is 0 Å². The van der Waals surface area contributed by atoms with Gasteiger partial charge in [0.1, 0.15) is 5.69 Å². The Hall–Kier alpha value is -2.30. The van der Waals surface area contributed by atoms with Gasteiger partial charge in [0.05, 0.1) is 18.4 Å². The van der Waals surface area contributed by atoms with Gasteiger partial charge in [-0.2, -0.15) is 0 Å². The number of hydrogen-bond acceptors (Lipinski definition) is 4. The molecule has 0 radical (unpaired) electrons. The van der Waals surface area contributed by atoms with Crippen molar-refractivity contribution >= 4 is 5.91 Å². The molecule has 0 atom stereocenters. The van der Waals surface area contributed by atoms with Crippen LogP contribution in [0.2, 0.25) is 0 Å². The first-order valence-electron chi connectivity index (χ1n) is 5.22. The fourth-order valence-corrected chi connectivity index (χ4v) is 1.37. The monoisotopic (exact) mass is 228 g/mol. The molecule has 0 aliphatic heterocycles. The third-order valence-corrected chi connectivity index (χ3v) is 2.33. The van der Waals surface area contributed by atoms with E-state index in [4.69, 9.17) is 0 Å². The molecular weight excluding hydrogens is 216 g/mol. The topological polar surface area (TPSA) is 67.8 Å². The summed E-state index contributed by atoms with van der Waals surface area (Å²) in [6.45, 7) is 2.35. The summed E-state index contributed by atoms with van der Waals surface area (Å²) in [7, 11) is 0. The average molecular weight is 228 g/mol. The quantitative estimate of drug-likeness (QED) is 0.854. The molecule has 2 aromatic rings. The van der Waals surface area contributed by atoms with E-state index in [1.807, 2.05) is 19.1 Å². The minimum absolute atomic E-state index is 0.247. The fourth-order valence-electron chi connectivity index (χ4n) is 1.37. The SMILES string of the molecule is Cc1cccnc1CNC(=O)c1cnccn1. The van der Waals surface area contributed by atoms with Crippen LogP contribution in [0.5, 0.6) is 0 Å². The Morgan fingerprint density at radius 1 is 1.29 bits per heavy atom. The van der Waals surface area contributed by atoms with Crippen molar-refractivity contribution in [1.29, 1.82) is 0 Å². The lowest BCUT2D eigenvalue weighted by atomic mass is 10.2. The van der Waals surface area contributed by atoms with E-state index in [1.165, 1.54) is 18.6 Å². The molecule has 0 saturated carbocycles. The van der Waals surface area contributed by atoms with Crippen LogP contribution in [0.25, 0.3) is 0 Å². The van der Waals surface area contributed by atoms with Crippen LogP contribution in [-0.2, 0) is 6.54 Å². The molecule has 5 heteroatoms. The number of carbonyl (C=O) groups excluding carboxylic acids is 1. The highest BCUT2D eigenvalue weighted by atomic mass is 16.1. The summed E-state index contributed by atoms with van der Waals surface area (Å²) in [6.07, 6.45) is 6.15. The number of rotatable bonds is 3. The summed E-state index contributed by atoms with van der Waals surface area (Å²) in [5.74, 6) is -0.247. The molecule has 86 valence electrons. The van der Waals surface area contributed by atoms with E-state index in [0.29, 0.717) is 12.2 Å². The number of amides is 1. The highest BCUT2D eigenvalue weighted by Gasteiger charge is 2.07. The first-order valence-corrected chi connectivity index (χ1v) is 5.22. The Balaban J connectivity index is 2.00. The molecule has 0 fully saturated rings. The lowest BCUT2D eigenvalue weighted by Crippen LogP contribution is -2.24. The molecule has 2 heterocycles. The van der Waals surface area contributed by atoms with Crippen LogP contribution in [0.15, 0.2) is 36.9 Å². The van der Waals surface area contributed by atoms with Crippen molar-refractivity contribution in [3.63, 3.8) is 0 Å². The summed E-state index contributed by atoms with van der Waals surface area (Å²) in [5.41, 5.74) is 2.21. The van der Waals surface area contributed by atoms with Gasteiger partial charge in [-0.1, -0.05) is 6.07 Å². The highest BCUT2D eigenvalue weighted by molar-refractivity contribution is 5.91. The lowest BCUT2D eigenvalue weighted by Gasteiger charge is -2.05. The second-order valence-electron chi connectivity index (χ2n) is 3.54. The molecule has 0 bridgehead atoms. The molecule has 2 rings (SSSR count). The summed E-state index contributed by atoms with van der Waals surface area (Å²) >= 11 is 0. The number of nitrogens with zero attached hydrogens (tertiary/aromatic N) is 3. The van der Waals surface area contributed by atoms with Gasteiger partial charge in [-0.05, 0) is 18.6 Å². The van der Waals surface area contributed by atoms with E-state index < -0.39 is 0 Å². The van der Waals surface area contributed by atoms with Crippen molar-refractivity contribution in [2.24, 2.45) is 0 Å². The second kappa shape index (κ2) is 5.16. The zero-order valence-electron chi connectivity index (χ0n) is 9.42. The van der Waals surface area contributed by atoms with Crippen LogP contribution in [0.1, 0.15) is 21.7 Å². The van der Waals surface area contributed by atoms with Crippen LogP contribution in [-0.4, -0.2) is 20.9 Å². The molecule has 17 heavy (non-hydrogen) atoms. The molecule has 0 saturated heterocycles. The smallest absolute Gasteiger partial charge is 0.271 e. The van der Waals surface area contributed by atoms with Crippen LogP contribution in [0, 0.1) is 6.92 Å². The molecule has 2 aromatic heterocycles. The molecule has 0 aliphatic rings. The molecule has 1 amide bonds. The molecule has 0 aliphatic carbocycles. The van der Waals surface area contributed by atoms with Crippen molar-refractivity contribution in [3.05, 3.63) is 53.9 Å². The maximum Gasteiger partial charge on any atom is 0.271 e. The number of hydrogen-bond donors (Lipinski definition) is 1. The van der Waals surface area contributed by atoms with E-state index in [-0.39, 0.29) is 5.91 Å². The van der Waals surface area contributed by atoms with Gasteiger partial charge in [0.2, 0.25) is 0 Å². The number of aryl methyl sites for hydroxylation is 1. The first-order chi connectivity index (χ1) is 8.27. The van der Waals surface area contributed by atoms with Gasteiger partial charge < -0.3 is 5.32 Å². The van der Waals surface area contributed by atoms with Crippen LogP contribution >= 0.6 is 0 Å². The summed E-state index contributed by atoms with van der Waals surface area (Å²) in [6, 6.07) is 3.82. The van der Waals surface area contributed by atoms with Crippen LogP contribution in [0.3, 0.4) is 0 Å². The zero-order chi connectivity index (χ0) is 12.1. The van der Waals surface area contributed by atoms with E-state index in [0.717, 1.165) is 11.3 Å². The molecule has 0 unspecified atom stereocenters. The van der Waals surface area contributed by atoms with Gasteiger partial charge >= 0.3 is 0 Å². The summed E-state index contributed by atoms with van der Waals surface area (Å²) in [5, 5.41) is 2.75. The van der Waals surface area contributed by atoms with Crippen molar-refractivity contribution < 1.29 is 4.79 Å². The predicted molar refractivity (Wildman–Crippen MR) is 62.2 cm³/mol. The van der Waals surface area contributed by atoms with E-state index in [2.05, 4.69) is 20.3 Å². The molecule has 1 N–H and O–H groups in total. The highest BCUT2D eigenvalue weighted by Crippen LogP contribution is 2.02. The van der Waals surface area contributed by atoms with E-state index in [9.17, 15) is 4.79 Å². The standard InChI is InChI=1S/C12H12N4O/c1-9-3-2-4-14-10(9)8-16-12(17)11-7-13-5-6-15-11/h2-7H,8H2,1H3,(H,16,17). The Bertz CT molecular complexity index is 513. The fraction of sp³-hybridized carbons (Fsp3) is 0.167. The van der Waals surface area contributed by atoms with Crippen molar-refractivity contribution in [2.45, 2.75) is 13.5 Å². The Kier molecular flexibility index (Phi) is 3.40. The van der Waals surface area contributed by atoms with Gasteiger partial charge in [-0.3, -0.25) is 14.8 Å². The lowest BCUT2D eigenvalue weighted by molar-refractivity contribution is 0.0945. The van der Waals surface area contributed by atoms with Crippen molar-refractivity contribution in [2.75, 3.05) is 0 Å². The largest absolute Gasteiger partial charge is 0.345 e. The third-order valence-electron chi connectivity index (χ3n) is 2.33. The maximum atomic E-state index is 11.7. The Morgan fingerprint density at radius 3 is 2.88 bits per heavy atom. The Morgan fingerprint density at radius 2 is 2.18 bits per heavy atom. The van der Waals surface area contributed by atoms with Crippen LogP contribution < -0.4 is 5.32 Å². The summed E-state index contributed by atoms with van der Waals surface area (Å²) < 4.78 is 0. The Labute approximate surface area is 99.0 Å². The van der Waals surface area contributed by atoms with Gasteiger partial charge in [-0.25, -0.2) is 4.98 Å². The van der Waals surface area contributed by atoms with Gasteiger partial charge in [-0.15, -0.1) is 0 Å². The minimum atomic E-state index is -0.247. The normalized spacial score (nSPS) is 9.94. The minimum Gasteiger partial charge on any atom is -0.345 e. The molecule has 5 nitrogen and oxygen atoms in total. The molecular formula is C12H12N4O.